The lowest BCUT2D eigenvalue weighted by molar-refractivity contribution is -0.119. The minimum absolute atomic E-state index is 0.257. The molecule has 1 N–H and O–H groups in total. The van der Waals surface area contributed by atoms with E-state index in [0.29, 0.717) is 33.6 Å². The molecule has 3 aromatic rings. The molecule has 180 valence electrons. The van der Waals surface area contributed by atoms with Gasteiger partial charge in [-0.15, -0.1) is 0 Å². The summed E-state index contributed by atoms with van der Waals surface area (Å²) in [7, 11) is -3.78. The molecule has 1 amide bonds. The number of carbonyl (C=O) groups excluding carboxylic acids is 1. The molecule has 0 saturated heterocycles. The number of sulfonamides is 1. The molecule has 0 saturated carbocycles. The van der Waals surface area contributed by atoms with Crippen LogP contribution in [-0.2, 0) is 20.6 Å². The lowest BCUT2D eigenvalue weighted by atomic mass is 10.2. The molecule has 0 unspecified atom stereocenters. The molecule has 0 aliphatic carbocycles. The first-order valence-electron chi connectivity index (χ1n) is 10.3. The number of carbonyl (C=O) groups is 1. The van der Waals surface area contributed by atoms with Gasteiger partial charge in [-0.25, -0.2) is 12.8 Å². The van der Waals surface area contributed by atoms with Crippen LogP contribution in [0.3, 0.4) is 0 Å². The molecule has 0 bridgehead atoms. The van der Waals surface area contributed by atoms with E-state index < -0.39 is 22.5 Å². The minimum atomic E-state index is -3.78. The van der Waals surface area contributed by atoms with Crippen LogP contribution < -0.4 is 14.4 Å². The Balaban J connectivity index is 1.60. The van der Waals surface area contributed by atoms with E-state index in [1.165, 1.54) is 17.8 Å². The molecule has 0 aromatic heterocycles. The molecular formula is C24H24ClFN2O4S2. The summed E-state index contributed by atoms with van der Waals surface area (Å²) in [4.78, 5) is 12.5. The molecule has 34 heavy (non-hydrogen) atoms. The van der Waals surface area contributed by atoms with Crippen LogP contribution >= 0.6 is 23.4 Å². The number of benzene rings is 3. The lowest BCUT2D eigenvalue weighted by Gasteiger charge is -2.24. The molecule has 0 aliphatic rings. The number of thioether (sulfide) groups is 1. The Labute approximate surface area is 208 Å². The summed E-state index contributed by atoms with van der Waals surface area (Å²) in [5, 5.41) is 3.06. The van der Waals surface area contributed by atoms with E-state index in [4.69, 9.17) is 16.3 Å². The van der Waals surface area contributed by atoms with Crippen LogP contribution in [0.4, 0.5) is 10.1 Å². The topological polar surface area (TPSA) is 75.7 Å². The van der Waals surface area contributed by atoms with Gasteiger partial charge >= 0.3 is 0 Å². The molecule has 3 aromatic carbocycles. The summed E-state index contributed by atoms with van der Waals surface area (Å²) < 4.78 is 45.7. The average molecular weight is 523 g/mol. The highest BCUT2D eigenvalue weighted by Crippen LogP contribution is 2.33. The zero-order chi connectivity index (χ0) is 24.6. The van der Waals surface area contributed by atoms with E-state index in [1.54, 1.807) is 60.7 Å². The molecule has 0 aliphatic heterocycles. The Morgan fingerprint density at radius 3 is 2.47 bits per heavy atom. The number of nitrogens with zero attached hydrogens (tertiary/aromatic N) is 1. The minimum Gasteiger partial charge on any atom is -0.455 e. The number of halogens is 2. The molecular weight excluding hydrogens is 499 g/mol. The van der Waals surface area contributed by atoms with Crippen molar-refractivity contribution in [1.82, 2.24) is 5.32 Å². The van der Waals surface area contributed by atoms with Crippen molar-refractivity contribution in [2.45, 2.75) is 5.75 Å². The Kier molecular flexibility index (Phi) is 9.20. The third-order valence-corrected chi connectivity index (χ3v) is 7.14. The summed E-state index contributed by atoms with van der Waals surface area (Å²) in [6.45, 7) is -0.118. The highest BCUT2D eigenvalue weighted by atomic mass is 35.5. The zero-order valence-electron chi connectivity index (χ0n) is 18.4. The van der Waals surface area contributed by atoms with E-state index in [0.717, 1.165) is 10.6 Å². The predicted molar refractivity (Wildman–Crippen MR) is 136 cm³/mol. The third-order valence-electron chi connectivity index (χ3n) is 4.67. The molecule has 0 spiro atoms. The second kappa shape index (κ2) is 12.1. The first-order chi connectivity index (χ1) is 16.3. The number of ether oxygens (including phenoxy) is 1. The lowest BCUT2D eigenvalue weighted by Crippen LogP contribution is -2.41. The Bertz CT molecular complexity index is 1210. The second-order valence-corrected chi connectivity index (χ2v) is 10.7. The fourth-order valence-electron chi connectivity index (χ4n) is 3.04. The van der Waals surface area contributed by atoms with Crippen LogP contribution in [0.25, 0.3) is 0 Å². The number of para-hydroxylation sites is 3. The molecule has 3 rings (SSSR count). The smallest absolute Gasteiger partial charge is 0.240 e. The highest BCUT2D eigenvalue weighted by molar-refractivity contribution is 7.98. The number of rotatable bonds is 11. The van der Waals surface area contributed by atoms with E-state index in [-0.39, 0.29) is 18.0 Å². The van der Waals surface area contributed by atoms with Crippen molar-refractivity contribution in [3.8, 4) is 11.5 Å². The van der Waals surface area contributed by atoms with Gasteiger partial charge < -0.3 is 10.1 Å². The molecule has 0 fully saturated rings. The predicted octanol–water partition coefficient (Wildman–Crippen LogP) is 5.09. The maximum atomic E-state index is 13.8. The molecule has 6 nitrogen and oxygen atoms in total. The summed E-state index contributed by atoms with van der Waals surface area (Å²) in [5.74, 6) is 0.877. The first-order valence-corrected chi connectivity index (χ1v) is 13.7. The Hall–Kier alpha value is -2.75. The van der Waals surface area contributed by atoms with Gasteiger partial charge in [-0.2, -0.15) is 11.8 Å². The van der Waals surface area contributed by atoms with Crippen molar-refractivity contribution in [3.63, 3.8) is 0 Å². The summed E-state index contributed by atoms with van der Waals surface area (Å²) in [5.41, 5.74) is 0.673. The van der Waals surface area contributed by atoms with Gasteiger partial charge in [0.1, 0.15) is 18.1 Å². The number of anilines is 1. The van der Waals surface area contributed by atoms with Crippen molar-refractivity contribution in [3.05, 3.63) is 89.2 Å². The van der Waals surface area contributed by atoms with Gasteiger partial charge in [-0.1, -0.05) is 48.0 Å². The Morgan fingerprint density at radius 1 is 1.06 bits per heavy atom. The van der Waals surface area contributed by atoms with E-state index in [2.05, 4.69) is 5.32 Å². The number of amides is 1. The van der Waals surface area contributed by atoms with Crippen molar-refractivity contribution >= 4 is 45.0 Å². The summed E-state index contributed by atoms with van der Waals surface area (Å²) in [6, 6.07) is 20.1. The van der Waals surface area contributed by atoms with Crippen LogP contribution in [0.1, 0.15) is 5.56 Å². The fourth-order valence-corrected chi connectivity index (χ4v) is 5.10. The van der Waals surface area contributed by atoms with Crippen molar-refractivity contribution in [1.29, 1.82) is 0 Å². The Morgan fingerprint density at radius 2 is 1.76 bits per heavy atom. The van der Waals surface area contributed by atoms with E-state index in [1.807, 2.05) is 6.07 Å². The third kappa shape index (κ3) is 7.38. The summed E-state index contributed by atoms with van der Waals surface area (Å²) in [6.07, 6.45) is 1.04. The van der Waals surface area contributed by atoms with Crippen LogP contribution in [-0.4, -0.2) is 39.4 Å². The largest absolute Gasteiger partial charge is 0.455 e. The number of hydrogen-bond donors (Lipinski definition) is 1. The van der Waals surface area contributed by atoms with E-state index in [9.17, 15) is 17.6 Å². The van der Waals surface area contributed by atoms with Gasteiger partial charge in [0.15, 0.2) is 5.75 Å². The van der Waals surface area contributed by atoms with Gasteiger partial charge in [0.25, 0.3) is 0 Å². The van der Waals surface area contributed by atoms with Crippen molar-refractivity contribution < 1.29 is 22.3 Å². The first kappa shape index (κ1) is 25.9. The monoisotopic (exact) mass is 522 g/mol. The molecule has 0 heterocycles. The maximum Gasteiger partial charge on any atom is 0.240 e. The SMILES string of the molecule is CS(=O)(=O)N(CC(=O)NCCSCc1c(F)cccc1Cl)c1ccccc1Oc1ccccc1. The van der Waals surface area contributed by atoms with Crippen molar-refractivity contribution in [2.24, 2.45) is 0 Å². The van der Waals surface area contributed by atoms with Crippen LogP contribution in [0.15, 0.2) is 72.8 Å². The second-order valence-electron chi connectivity index (χ2n) is 7.26. The maximum absolute atomic E-state index is 13.8. The number of hydrogen-bond acceptors (Lipinski definition) is 5. The van der Waals surface area contributed by atoms with Gasteiger partial charge in [-0.3, -0.25) is 9.10 Å². The highest BCUT2D eigenvalue weighted by Gasteiger charge is 2.24. The van der Waals surface area contributed by atoms with Gasteiger partial charge in [0, 0.05) is 28.6 Å². The normalized spacial score (nSPS) is 11.1. The van der Waals surface area contributed by atoms with Gasteiger partial charge in [0.2, 0.25) is 15.9 Å². The van der Waals surface area contributed by atoms with Crippen molar-refractivity contribution in [2.75, 3.05) is 29.4 Å². The quantitative estimate of drug-likeness (QED) is 0.355. The summed E-state index contributed by atoms with van der Waals surface area (Å²) >= 11 is 7.43. The number of nitrogens with one attached hydrogen (secondary N) is 1. The van der Waals surface area contributed by atoms with Gasteiger partial charge in [0.05, 0.1) is 11.9 Å². The van der Waals surface area contributed by atoms with Crippen LogP contribution in [0.5, 0.6) is 11.5 Å². The zero-order valence-corrected chi connectivity index (χ0v) is 20.8. The molecule has 10 heteroatoms. The van der Waals surface area contributed by atoms with Crippen LogP contribution in [0.2, 0.25) is 5.02 Å². The fraction of sp³-hybridized carbons (Fsp3) is 0.208. The molecule has 0 radical (unpaired) electrons. The van der Waals surface area contributed by atoms with E-state index >= 15 is 0 Å². The van der Waals surface area contributed by atoms with Gasteiger partial charge in [-0.05, 0) is 36.4 Å². The average Bonchev–Trinajstić information content (AvgIpc) is 2.79. The van der Waals surface area contributed by atoms with Crippen LogP contribution in [0, 0.1) is 5.82 Å². The standard InChI is InChI=1S/C24H24ClFN2O4S2/c1-34(30,31)28(22-12-5-6-13-23(22)32-18-8-3-2-4-9-18)16-24(29)27-14-15-33-17-19-20(25)10-7-11-21(19)26/h2-13H,14-17H2,1H3,(H,27,29). The molecule has 0 atom stereocenters.